The molecule has 74 valence electrons. The maximum Gasteiger partial charge on any atom is 0.324 e. The number of imidazole rings is 1. The Balaban J connectivity index is 2.90. The first kappa shape index (κ1) is 8.60. The van der Waals surface area contributed by atoms with Gasteiger partial charge in [0.1, 0.15) is 0 Å². The third-order valence-corrected chi connectivity index (χ3v) is 1.71. The Bertz CT molecular complexity index is 530. The van der Waals surface area contributed by atoms with Crippen LogP contribution in [0.3, 0.4) is 0 Å². The van der Waals surface area contributed by atoms with Gasteiger partial charge in [-0.05, 0) is 0 Å². The third kappa shape index (κ3) is 1.04. The summed E-state index contributed by atoms with van der Waals surface area (Å²) in [7, 11) is 0. The second-order valence-corrected chi connectivity index (χ2v) is 2.52. The number of hydrogen-bond donors (Lipinski definition) is 2. The number of alkyl halides is 2. The summed E-state index contributed by atoms with van der Waals surface area (Å²) in [5.41, 5.74) is 4.18. The lowest BCUT2D eigenvalue weighted by molar-refractivity contribution is 0.0685. The van der Waals surface area contributed by atoms with Gasteiger partial charge in [-0.15, -0.1) is 0 Å². The summed E-state index contributed by atoms with van der Waals surface area (Å²) in [4.78, 5) is 20.9. The van der Waals surface area contributed by atoms with E-state index in [1.54, 1.807) is 0 Å². The molecular weight excluding hydrogens is 196 g/mol. The lowest BCUT2D eigenvalue weighted by Gasteiger charge is -2.05. The van der Waals surface area contributed by atoms with Crippen molar-refractivity contribution in [1.82, 2.24) is 19.5 Å². The summed E-state index contributed by atoms with van der Waals surface area (Å²) in [6, 6.07) is 0. The topological polar surface area (TPSA) is 89.6 Å². The SMILES string of the molecule is Nc1nc2nc[nH]c2c(=O)n1C(F)F. The van der Waals surface area contributed by atoms with Crippen LogP contribution in [0, 0.1) is 0 Å². The molecule has 0 saturated carbocycles. The molecule has 14 heavy (non-hydrogen) atoms. The molecule has 0 radical (unpaired) electrons. The molecule has 0 aromatic carbocycles. The zero-order valence-corrected chi connectivity index (χ0v) is 6.74. The summed E-state index contributed by atoms with van der Waals surface area (Å²) in [5.74, 6) is -0.551. The average Bonchev–Trinajstić information content (AvgIpc) is 2.50. The van der Waals surface area contributed by atoms with Crippen LogP contribution < -0.4 is 11.3 Å². The van der Waals surface area contributed by atoms with E-state index in [-0.39, 0.29) is 15.7 Å². The molecule has 2 aromatic heterocycles. The van der Waals surface area contributed by atoms with Crippen molar-refractivity contribution in [3.63, 3.8) is 0 Å². The van der Waals surface area contributed by atoms with E-state index in [1.165, 1.54) is 6.33 Å². The van der Waals surface area contributed by atoms with E-state index in [4.69, 9.17) is 5.73 Å². The molecule has 2 aromatic rings. The van der Waals surface area contributed by atoms with Gasteiger partial charge in [0.15, 0.2) is 11.2 Å². The van der Waals surface area contributed by atoms with E-state index in [0.717, 1.165) is 0 Å². The van der Waals surface area contributed by atoms with Crippen LogP contribution in [0.15, 0.2) is 11.1 Å². The highest BCUT2D eigenvalue weighted by atomic mass is 19.3. The van der Waals surface area contributed by atoms with Gasteiger partial charge in [0.25, 0.3) is 5.56 Å². The standard InChI is InChI=1S/C6H5F2N5O/c7-5(8)13-4(14)2-3(11-1-10-2)12-6(13)9/h1,5H,(H2,9,12)(H,10,11). The minimum absolute atomic E-state index is 0.0319. The maximum absolute atomic E-state index is 12.3. The quantitative estimate of drug-likeness (QED) is 0.684. The van der Waals surface area contributed by atoms with Crippen molar-refractivity contribution in [2.75, 3.05) is 5.73 Å². The van der Waals surface area contributed by atoms with Crippen LogP contribution in [0.5, 0.6) is 0 Å². The van der Waals surface area contributed by atoms with Gasteiger partial charge in [-0.2, -0.15) is 13.8 Å². The highest BCUT2D eigenvalue weighted by Crippen LogP contribution is 2.12. The first-order chi connectivity index (χ1) is 6.61. The Kier molecular flexibility index (Phi) is 1.69. The second-order valence-electron chi connectivity index (χ2n) is 2.52. The van der Waals surface area contributed by atoms with Gasteiger partial charge in [-0.1, -0.05) is 0 Å². The molecule has 2 heterocycles. The van der Waals surface area contributed by atoms with Crippen LogP contribution in [-0.2, 0) is 0 Å². The fourth-order valence-corrected chi connectivity index (χ4v) is 1.10. The van der Waals surface area contributed by atoms with Crippen molar-refractivity contribution in [3.05, 3.63) is 16.7 Å². The number of hydrogen-bond acceptors (Lipinski definition) is 4. The number of fused-ring (bicyclic) bond motifs is 1. The number of nitrogens with two attached hydrogens (primary N) is 1. The number of anilines is 1. The van der Waals surface area contributed by atoms with E-state index in [9.17, 15) is 13.6 Å². The van der Waals surface area contributed by atoms with Crippen molar-refractivity contribution < 1.29 is 8.78 Å². The van der Waals surface area contributed by atoms with Crippen LogP contribution in [0.4, 0.5) is 14.7 Å². The Morgan fingerprint density at radius 2 is 2.29 bits per heavy atom. The zero-order chi connectivity index (χ0) is 10.3. The molecule has 2 rings (SSSR count). The molecule has 3 N–H and O–H groups in total. The van der Waals surface area contributed by atoms with Crippen LogP contribution in [0.2, 0.25) is 0 Å². The average molecular weight is 201 g/mol. The van der Waals surface area contributed by atoms with Gasteiger partial charge >= 0.3 is 6.55 Å². The summed E-state index contributed by atoms with van der Waals surface area (Å²) in [6.45, 7) is -3.01. The van der Waals surface area contributed by atoms with Crippen molar-refractivity contribution >= 4 is 17.1 Å². The summed E-state index contributed by atoms with van der Waals surface area (Å²) in [5, 5.41) is 0. The Morgan fingerprint density at radius 1 is 1.57 bits per heavy atom. The van der Waals surface area contributed by atoms with Crippen LogP contribution >= 0.6 is 0 Å². The number of H-pyrrole nitrogens is 1. The Labute approximate surface area is 75.4 Å². The molecule has 0 spiro atoms. The van der Waals surface area contributed by atoms with E-state index in [2.05, 4.69) is 15.0 Å². The van der Waals surface area contributed by atoms with Gasteiger partial charge in [0.05, 0.1) is 6.33 Å². The van der Waals surface area contributed by atoms with E-state index < -0.39 is 18.1 Å². The molecule has 0 unspecified atom stereocenters. The molecule has 0 aliphatic rings. The number of nitrogen functional groups attached to an aromatic ring is 1. The van der Waals surface area contributed by atoms with Crippen LogP contribution in [0.25, 0.3) is 11.2 Å². The van der Waals surface area contributed by atoms with Gasteiger partial charge in [0, 0.05) is 0 Å². The summed E-state index contributed by atoms with van der Waals surface area (Å²) >= 11 is 0. The molecule has 0 saturated heterocycles. The molecule has 8 heteroatoms. The molecule has 0 atom stereocenters. The number of aromatic nitrogens is 4. The van der Waals surface area contributed by atoms with Crippen LogP contribution in [-0.4, -0.2) is 19.5 Å². The minimum Gasteiger partial charge on any atom is -0.369 e. The molecule has 0 bridgehead atoms. The third-order valence-electron chi connectivity index (χ3n) is 1.71. The fraction of sp³-hybridized carbons (Fsp3) is 0.167. The van der Waals surface area contributed by atoms with E-state index in [1.807, 2.05) is 0 Å². The predicted octanol–water partition coefficient (Wildman–Crippen LogP) is 0.0969. The summed E-state index contributed by atoms with van der Waals surface area (Å²) < 4.78 is 24.8. The highest BCUT2D eigenvalue weighted by Gasteiger charge is 2.16. The van der Waals surface area contributed by atoms with Crippen molar-refractivity contribution in [2.45, 2.75) is 6.55 Å². The van der Waals surface area contributed by atoms with Gasteiger partial charge in [0.2, 0.25) is 5.95 Å². The summed E-state index contributed by atoms with van der Waals surface area (Å²) in [6.07, 6.45) is 1.19. The molecule has 0 aliphatic heterocycles. The maximum atomic E-state index is 12.3. The van der Waals surface area contributed by atoms with Crippen molar-refractivity contribution in [2.24, 2.45) is 0 Å². The van der Waals surface area contributed by atoms with Crippen molar-refractivity contribution in [1.29, 1.82) is 0 Å². The normalized spacial score (nSPS) is 11.4. The Morgan fingerprint density at radius 3 is 2.93 bits per heavy atom. The fourth-order valence-electron chi connectivity index (χ4n) is 1.10. The number of halogens is 2. The van der Waals surface area contributed by atoms with Crippen LogP contribution in [0.1, 0.15) is 6.55 Å². The minimum atomic E-state index is -3.01. The van der Waals surface area contributed by atoms with E-state index >= 15 is 0 Å². The van der Waals surface area contributed by atoms with Gasteiger partial charge < -0.3 is 10.7 Å². The second kappa shape index (κ2) is 2.76. The first-order valence-corrected chi connectivity index (χ1v) is 3.60. The van der Waals surface area contributed by atoms with Crippen molar-refractivity contribution in [3.8, 4) is 0 Å². The lowest BCUT2D eigenvalue weighted by atomic mass is 10.5. The predicted molar refractivity (Wildman–Crippen MR) is 43.8 cm³/mol. The molecule has 0 aliphatic carbocycles. The highest BCUT2D eigenvalue weighted by molar-refractivity contribution is 5.69. The largest absolute Gasteiger partial charge is 0.369 e. The van der Waals surface area contributed by atoms with E-state index in [0.29, 0.717) is 0 Å². The number of nitrogens with zero attached hydrogens (tertiary/aromatic N) is 3. The number of aromatic amines is 1. The molecule has 0 fully saturated rings. The van der Waals surface area contributed by atoms with Gasteiger partial charge in [-0.3, -0.25) is 4.79 Å². The Hall–Kier alpha value is -1.99. The smallest absolute Gasteiger partial charge is 0.324 e. The zero-order valence-electron chi connectivity index (χ0n) is 6.74. The lowest BCUT2D eigenvalue weighted by Crippen LogP contribution is -2.25. The monoisotopic (exact) mass is 201 g/mol. The molecule has 0 amide bonds. The number of nitrogens with one attached hydrogen (secondary N) is 1. The molecular formula is C6H5F2N5O. The molecule has 6 nitrogen and oxygen atoms in total. The first-order valence-electron chi connectivity index (χ1n) is 3.60. The van der Waals surface area contributed by atoms with Gasteiger partial charge in [-0.25, -0.2) is 9.55 Å². The number of rotatable bonds is 1.